The van der Waals surface area contributed by atoms with Crippen molar-refractivity contribution in [2.75, 3.05) is 0 Å². The van der Waals surface area contributed by atoms with Crippen LogP contribution in [-0.2, 0) is 24.4 Å². The van der Waals surface area contributed by atoms with Gasteiger partial charge in [-0.2, -0.15) is 4.21 Å². The van der Waals surface area contributed by atoms with Crippen molar-refractivity contribution in [3.63, 3.8) is 0 Å². The quantitative estimate of drug-likeness (QED) is 0.641. The lowest BCUT2D eigenvalue weighted by atomic mass is 10.1. The number of rotatable bonds is 9. The fourth-order valence-electron chi connectivity index (χ4n) is 1.47. The average molecular weight is 254 g/mol. The Kier molecular flexibility index (Phi) is 8.61. The lowest BCUT2D eigenvalue weighted by molar-refractivity contribution is 0.184. The monoisotopic (exact) mass is 254 g/mol. The predicted molar refractivity (Wildman–Crippen MR) is 66.7 cm³/mol. The molecule has 3 nitrogen and oxygen atoms in total. The van der Waals surface area contributed by atoms with Crippen LogP contribution in [0.1, 0.15) is 58.8 Å². The van der Waals surface area contributed by atoms with E-state index in [0.29, 0.717) is 0 Å². The Labute approximate surface area is 98.3 Å². The first-order valence-corrected chi connectivity index (χ1v) is 8.01. The van der Waals surface area contributed by atoms with E-state index in [9.17, 15) is 4.21 Å². The average Bonchev–Trinajstić information content (AvgIpc) is 2.14. The van der Waals surface area contributed by atoms with Crippen LogP contribution in [-0.4, -0.2) is 14.9 Å². The van der Waals surface area contributed by atoms with Gasteiger partial charge in [-0.3, -0.25) is 8.74 Å². The van der Waals surface area contributed by atoms with Gasteiger partial charge in [-0.15, -0.1) is 0 Å². The molecule has 0 aromatic heterocycles. The number of hydrogen-bond acceptors (Lipinski definition) is 3. The van der Waals surface area contributed by atoms with E-state index >= 15 is 0 Å². The standard InChI is InChI=1S/C10H22O3S2/c1-3-5-6-7-8-9-10(4-2)13-15(11,12)14/h10H,3-9H2,1-2H3,(H,11,12,14). The second kappa shape index (κ2) is 8.44. The molecule has 15 heavy (non-hydrogen) atoms. The number of hydrogen-bond donors (Lipinski definition) is 1. The first kappa shape index (κ1) is 15.3. The van der Waals surface area contributed by atoms with Gasteiger partial charge in [0.2, 0.25) is 0 Å². The lowest BCUT2D eigenvalue weighted by Crippen LogP contribution is -2.16. The van der Waals surface area contributed by atoms with Gasteiger partial charge in [0.15, 0.2) is 0 Å². The van der Waals surface area contributed by atoms with Crippen LogP contribution in [0.5, 0.6) is 0 Å². The predicted octanol–water partition coefficient (Wildman–Crippen LogP) is 3.28. The van der Waals surface area contributed by atoms with Gasteiger partial charge in [-0.05, 0) is 12.8 Å². The van der Waals surface area contributed by atoms with Crippen molar-refractivity contribution in [3.8, 4) is 0 Å². The highest BCUT2D eigenvalue weighted by Crippen LogP contribution is 2.13. The highest BCUT2D eigenvalue weighted by atomic mass is 32.9. The van der Waals surface area contributed by atoms with Crippen molar-refractivity contribution in [1.29, 1.82) is 0 Å². The molecule has 1 N–H and O–H groups in total. The molecule has 0 saturated carbocycles. The highest BCUT2D eigenvalue weighted by Gasteiger charge is 2.11. The molecule has 0 amide bonds. The van der Waals surface area contributed by atoms with E-state index in [0.717, 1.165) is 25.7 Å². The van der Waals surface area contributed by atoms with Gasteiger partial charge in [-0.25, -0.2) is 0 Å². The van der Waals surface area contributed by atoms with E-state index in [-0.39, 0.29) is 6.10 Å². The molecule has 0 radical (unpaired) electrons. The zero-order valence-electron chi connectivity index (χ0n) is 9.61. The largest absolute Gasteiger partial charge is 0.285 e. The van der Waals surface area contributed by atoms with Gasteiger partial charge >= 0.3 is 0 Å². The summed E-state index contributed by atoms with van der Waals surface area (Å²) in [5.41, 5.74) is 0. The summed E-state index contributed by atoms with van der Waals surface area (Å²) in [6.07, 6.45) is 7.33. The van der Waals surface area contributed by atoms with Crippen molar-refractivity contribution in [1.82, 2.24) is 0 Å². The molecule has 2 atom stereocenters. The summed E-state index contributed by atoms with van der Waals surface area (Å²) in [5.74, 6) is 0. The summed E-state index contributed by atoms with van der Waals surface area (Å²) in [5, 5.41) is 0. The third-order valence-corrected chi connectivity index (χ3v) is 3.09. The Bertz CT molecular complexity index is 237. The van der Waals surface area contributed by atoms with Gasteiger partial charge in [0.1, 0.15) is 0 Å². The molecule has 0 rings (SSSR count). The molecular weight excluding hydrogens is 232 g/mol. The number of unbranched alkanes of at least 4 members (excludes halogenated alkanes) is 4. The summed E-state index contributed by atoms with van der Waals surface area (Å²) in [7, 11) is -3.45. The SMILES string of the molecule is CCCCCCCC(CC)OS(=O)(O)=S. The Hall–Kier alpha value is 0.290. The van der Waals surface area contributed by atoms with Crippen molar-refractivity contribution >= 4 is 20.2 Å². The minimum absolute atomic E-state index is 0.165. The van der Waals surface area contributed by atoms with Gasteiger partial charge in [0.05, 0.1) is 6.10 Å². The molecule has 0 aromatic rings. The molecule has 0 spiro atoms. The van der Waals surface area contributed by atoms with Crippen molar-refractivity contribution in [2.45, 2.75) is 64.9 Å². The summed E-state index contributed by atoms with van der Waals surface area (Å²) in [4.78, 5) is 0. The van der Waals surface area contributed by atoms with Crippen LogP contribution in [0.4, 0.5) is 0 Å². The van der Waals surface area contributed by atoms with Crippen LogP contribution in [0, 0.1) is 0 Å². The van der Waals surface area contributed by atoms with Crippen LogP contribution in [0.15, 0.2) is 0 Å². The van der Waals surface area contributed by atoms with E-state index in [1.807, 2.05) is 6.92 Å². The van der Waals surface area contributed by atoms with Crippen LogP contribution in [0.3, 0.4) is 0 Å². The summed E-state index contributed by atoms with van der Waals surface area (Å²) < 4.78 is 24.6. The summed E-state index contributed by atoms with van der Waals surface area (Å²) >= 11 is 4.31. The maximum atomic E-state index is 10.8. The lowest BCUT2D eigenvalue weighted by Gasteiger charge is -2.14. The molecule has 92 valence electrons. The van der Waals surface area contributed by atoms with Crippen LogP contribution < -0.4 is 0 Å². The van der Waals surface area contributed by atoms with Crippen LogP contribution in [0.25, 0.3) is 0 Å². The molecule has 0 heterocycles. The second-order valence-electron chi connectivity index (χ2n) is 3.76. The van der Waals surface area contributed by atoms with Gasteiger partial charge in [-0.1, -0.05) is 46.0 Å². The zero-order chi connectivity index (χ0) is 11.7. The van der Waals surface area contributed by atoms with E-state index in [2.05, 4.69) is 18.1 Å². The first-order valence-electron chi connectivity index (χ1n) is 5.65. The molecule has 2 unspecified atom stereocenters. The summed E-state index contributed by atoms with van der Waals surface area (Å²) in [6, 6.07) is 0. The van der Waals surface area contributed by atoms with E-state index in [1.165, 1.54) is 19.3 Å². The van der Waals surface area contributed by atoms with Crippen molar-refractivity contribution < 1.29 is 12.9 Å². The zero-order valence-corrected chi connectivity index (χ0v) is 11.2. The first-order chi connectivity index (χ1) is 6.99. The molecule has 0 aliphatic heterocycles. The fourth-order valence-corrected chi connectivity index (χ4v) is 2.38. The molecule has 0 fully saturated rings. The maximum absolute atomic E-state index is 10.8. The van der Waals surface area contributed by atoms with Crippen LogP contribution in [0.2, 0.25) is 0 Å². The van der Waals surface area contributed by atoms with E-state index in [4.69, 9.17) is 8.74 Å². The summed E-state index contributed by atoms with van der Waals surface area (Å²) in [6.45, 7) is 4.12. The van der Waals surface area contributed by atoms with E-state index in [1.54, 1.807) is 0 Å². The smallest absolute Gasteiger partial charge is 0.266 e. The van der Waals surface area contributed by atoms with E-state index < -0.39 is 9.05 Å². The van der Waals surface area contributed by atoms with Crippen LogP contribution >= 0.6 is 0 Å². The Balaban J connectivity index is 3.62. The molecule has 5 heteroatoms. The molecular formula is C10H22O3S2. The van der Waals surface area contributed by atoms with Gasteiger partial charge in [0, 0.05) is 11.2 Å². The second-order valence-corrected chi connectivity index (χ2v) is 6.07. The Morgan fingerprint density at radius 1 is 1.27 bits per heavy atom. The third kappa shape index (κ3) is 10.6. The highest BCUT2D eigenvalue weighted by molar-refractivity contribution is 8.27. The molecule has 0 aromatic carbocycles. The van der Waals surface area contributed by atoms with Crippen molar-refractivity contribution in [3.05, 3.63) is 0 Å². The normalized spacial score (nSPS) is 17.3. The molecule has 0 saturated heterocycles. The third-order valence-electron chi connectivity index (χ3n) is 2.34. The molecule has 0 aliphatic carbocycles. The topological polar surface area (TPSA) is 46.5 Å². The minimum atomic E-state index is -3.45. The maximum Gasteiger partial charge on any atom is 0.266 e. The molecule has 0 bridgehead atoms. The minimum Gasteiger partial charge on any atom is -0.285 e. The Morgan fingerprint density at radius 3 is 2.33 bits per heavy atom. The van der Waals surface area contributed by atoms with Gasteiger partial charge < -0.3 is 0 Å². The van der Waals surface area contributed by atoms with Crippen molar-refractivity contribution in [2.24, 2.45) is 0 Å². The molecule has 0 aliphatic rings. The van der Waals surface area contributed by atoms with Gasteiger partial charge in [0.25, 0.3) is 9.05 Å². The fraction of sp³-hybridized carbons (Fsp3) is 1.00. The Morgan fingerprint density at radius 2 is 1.87 bits per heavy atom.